The van der Waals surface area contributed by atoms with E-state index in [9.17, 15) is 9.59 Å². The molecule has 1 aliphatic heterocycles. The minimum Gasteiger partial charge on any atom is -0.486 e. The van der Waals surface area contributed by atoms with Gasteiger partial charge >= 0.3 is 0 Å². The highest BCUT2D eigenvalue weighted by Crippen LogP contribution is 2.34. The van der Waals surface area contributed by atoms with E-state index in [1.165, 1.54) is 30.0 Å². The predicted molar refractivity (Wildman–Crippen MR) is 89.1 cm³/mol. The van der Waals surface area contributed by atoms with Gasteiger partial charge in [-0.25, -0.2) is 4.98 Å². The van der Waals surface area contributed by atoms with E-state index >= 15 is 0 Å². The van der Waals surface area contributed by atoms with Crippen molar-refractivity contribution in [3.63, 3.8) is 0 Å². The number of ketones is 1. The summed E-state index contributed by atoms with van der Waals surface area (Å²) < 4.78 is 11.7. The molecule has 120 valence electrons. The number of aromatic nitrogens is 1. The fourth-order valence-corrected chi connectivity index (χ4v) is 3.59. The average Bonchev–Trinajstić information content (AvgIpc) is 2.96. The maximum atomic E-state index is 12.8. The largest absolute Gasteiger partial charge is 0.486 e. The summed E-state index contributed by atoms with van der Waals surface area (Å²) in [5.74, 6) is 1.01. The summed E-state index contributed by atoms with van der Waals surface area (Å²) in [5, 5.41) is 2.61. The Bertz CT molecular complexity index is 773. The third-order valence-electron chi connectivity index (χ3n) is 3.09. The van der Waals surface area contributed by atoms with E-state index < -0.39 is 0 Å². The van der Waals surface area contributed by atoms with Crippen molar-refractivity contribution in [3.05, 3.63) is 28.6 Å². The van der Waals surface area contributed by atoms with Crippen LogP contribution in [0.4, 0.5) is 5.82 Å². The fourth-order valence-electron chi connectivity index (χ4n) is 2.11. The average molecular weight is 350 g/mol. The lowest BCUT2D eigenvalue weighted by atomic mass is 10.1. The van der Waals surface area contributed by atoms with Gasteiger partial charge in [-0.1, -0.05) is 11.8 Å². The Labute approximate surface area is 141 Å². The summed E-state index contributed by atoms with van der Waals surface area (Å²) >= 11 is 2.68. The Kier molecular flexibility index (Phi) is 4.53. The van der Waals surface area contributed by atoms with Crippen molar-refractivity contribution in [2.45, 2.75) is 11.3 Å². The van der Waals surface area contributed by atoms with E-state index in [-0.39, 0.29) is 11.7 Å². The van der Waals surface area contributed by atoms with Crippen molar-refractivity contribution in [3.8, 4) is 11.5 Å². The number of hydrogen-bond donors (Lipinski definition) is 1. The van der Waals surface area contributed by atoms with Crippen LogP contribution in [-0.4, -0.2) is 36.1 Å². The number of carbonyl (C=O) groups excluding carboxylic acids is 2. The van der Waals surface area contributed by atoms with Crippen LogP contribution in [0.25, 0.3) is 0 Å². The van der Waals surface area contributed by atoms with E-state index in [1.54, 1.807) is 18.2 Å². The molecule has 1 N–H and O–H groups in total. The van der Waals surface area contributed by atoms with Gasteiger partial charge in [-0.2, -0.15) is 0 Å². The second-order valence-electron chi connectivity index (χ2n) is 4.73. The fraction of sp³-hybridized carbons (Fsp3) is 0.267. The normalized spacial score (nSPS) is 12.8. The van der Waals surface area contributed by atoms with E-state index in [2.05, 4.69) is 10.3 Å². The van der Waals surface area contributed by atoms with Gasteiger partial charge in [-0.05, 0) is 24.5 Å². The Balaban J connectivity index is 1.96. The molecule has 6 nitrogen and oxygen atoms in total. The second-order valence-corrected chi connectivity index (χ2v) is 6.78. The first-order valence-corrected chi connectivity index (χ1v) is 8.89. The number of ether oxygens (including phenoxy) is 2. The Morgan fingerprint density at radius 3 is 2.70 bits per heavy atom. The molecular weight excluding hydrogens is 336 g/mol. The van der Waals surface area contributed by atoms with Crippen LogP contribution >= 0.6 is 23.1 Å². The number of rotatable bonds is 4. The number of thioether (sulfide) groups is 1. The summed E-state index contributed by atoms with van der Waals surface area (Å²) in [6.07, 6.45) is 1.87. The number of nitrogens with one attached hydrogen (secondary N) is 1. The Morgan fingerprint density at radius 1 is 1.26 bits per heavy atom. The number of carbonyl (C=O) groups is 2. The van der Waals surface area contributed by atoms with Crippen LogP contribution in [0.2, 0.25) is 0 Å². The Hall–Kier alpha value is -2.06. The molecule has 0 saturated carbocycles. The summed E-state index contributed by atoms with van der Waals surface area (Å²) in [6.45, 7) is 2.34. The summed E-state index contributed by atoms with van der Waals surface area (Å²) in [6, 6.07) is 5.06. The molecule has 1 amide bonds. The lowest BCUT2D eigenvalue weighted by Gasteiger charge is -2.18. The first-order chi connectivity index (χ1) is 11.1. The molecule has 0 saturated heterocycles. The van der Waals surface area contributed by atoms with Crippen molar-refractivity contribution in [1.82, 2.24) is 4.98 Å². The van der Waals surface area contributed by atoms with Crippen LogP contribution in [0.3, 0.4) is 0 Å². The zero-order valence-corrected chi connectivity index (χ0v) is 14.2. The van der Waals surface area contributed by atoms with Gasteiger partial charge in [0.1, 0.15) is 18.1 Å². The zero-order chi connectivity index (χ0) is 16.4. The molecule has 8 heteroatoms. The molecule has 1 aromatic carbocycles. The highest BCUT2D eigenvalue weighted by Gasteiger charge is 2.22. The summed E-state index contributed by atoms with van der Waals surface area (Å²) in [7, 11) is 0. The highest BCUT2D eigenvalue weighted by molar-refractivity contribution is 8.00. The minimum atomic E-state index is -0.265. The molecule has 2 aromatic rings. The number of benzene rings is 1. The van der Waals surface area contributed by atoms with Crippen LogP contribution < -0.4 is 14.8 Å². The zero-order valence-electron chi connectivity index (χ0n) is 12.5. The third-order valence-corrected chi connectivity index (χ3v) is 5.13. The minimum absolute atomic E-state index is 0.205. The molecule has 1 aromatic heterocycles. The van der Waals surface area contributed by atoms with Crippen LogP contribution in [-0.2, 0) is 4.79 Å². The quantitative estimate of drug-likeness (QED) is 0.675. The maximum Gasteiger partial charge on any atom is 0.222 e. The van der Waals surface area contributed by atoms with Crippen molar-refractivity contribution in [2.24, 2.45) is 0 Å². The molecule has 2 heterocycles. The van der Waals surface area contributed by atoms with Crippen LogP contribution in [0, 0.1) is 0 Å². The van der Waals surface area contributed by atoms with Gasteiger partial charge in [0.25, 0.3) is 0 Å². The molecule has 0 fully saturated rings. The monoisotopic (exact) mass is 350 g/mol. The molecule has 0 aliphatic carbocycles. The third kappa shape index (κ3) is 3.32. The van der Waals surface area contributed by atoms with Crippen molar-refractivity contribution < 1.29 is 19.1 Å². The molecule has 3 rings (SSSR count). The molecule has 23 heavy (non-hydrogen) atoms. The molecule has 0 radical (unpaired) electrons. The van der Waals surface area contributed by atoms with Gasteiger partial charge in [0.15, 0.2) is 21.7 Å². The molecule has 0 unspecified atom stereocenters. The molecule has 0 atom stereocenters. The lowest BCUT2D eigenvalue weighted by Crippen LogP contribution is -2.16. The molecular formula is C15H14N2O4S2. The smallest absolute Gasteiger partial charge is 0.222 e. The summed E-state index contributed by atoms with van der Waals surface area (Å²) in [5.41, 5.74) is 0.470. The van der Waals surface area contributed by atoms with E-state index in [0.717, 1.165) is 4.34 Å². The lowest BCUT2D eigenvalue weighted by molar-refractivity contribution is -0.114. The number of thiazole rings is 1. The standard InChI is InChI=1S/C15H14N2O4S2/c1-8(18)16-14-13(23-15(17-14)22-2)12(19)9-3-4-10-11(7-9)21-6-5-20-10/h3-4,7H,5-6H2,1-2H3,(H,16,18). The van der Waals surface area contributed by atoms with Crippen molar-refractivity contribution in [1.29, 1.82) is 0 Å². The topological polar surface area (TPSA) is 77.5 Å². The maximum absolute atomic E-state index is 12.8. The molecule has 1 aliphatic rings. The molecule has 0 bridgehead atoms. The number of anilines is 1. The van der Waals surface area contributed by atoms with Crippen LogP contribution in [0.15, 0.2) is 22.5 Å². The van der Waals surface area contributed by atoms with Gasteiger partial charge in [0, 0.05) is 12.5 Å². The van der Waals surface area contributed by atoms with Gasteiger partial charge in [-0.15, -0.1) is 11.3 Å². The predicted octanol–water partition coefficient (Wildman–Crippen LogP) is 2.83. The van der Waals surface area contributed by atoms with Crippen molar-refractivity contribution in [2.75, 3.05) is 24.8 Å². The van der Waals surface area contributed by atoms with Crippen LogP contribution in [0.1, 0.15) is 22.2 Å². The first-order valence-electron chi connectivity index (χ1n) is 6.85. The highest BCUT2D eigenvalue weighted by atomic mass is 32.2. The van der Waals surface area contributed by atoms with Gasteiger partial charge < -0.3 is 14.8 Å². The van der Waals surface area contributed by atoms with Gasteiger partial charge in [0.2, 0.25) is 11.7 Å². The molecule has 0 spiro atoms. The number of amides is 1. The van der Waals surface area contributed by atoms with Gasteiger partial charge in [0.05, 0.1) is 0 Å². The van der Waals surface area contributed by atoms with E-state index in [4.69, 9.17) is 9.47 Å². The number of fused-ring (bicyclic) bond motifs is 1. The summed E-state index contributed by atoms with van der Waals surface area (Å²) in [4.78, 5) is 28.8. The first kappa shape index (κ1) is 15.8. The van der Waals surface area contributed by atoms with E-state index in [0.29, 0.717) is 41.0 Å². The SMILES string of the molecule is CSc1nc(NC(C)=O)c(C(=O)c2ccc3c(c2)OCCO3)s1. The van der Waals surface area contributed by atoms with Gasteiger partial charge in [-0.3, -0.25) is 9.59 Å². The number of nitrogens with zero attached hydrogens (tertiary/aromatic N) is 1. The van der Waals surface area contributed by atoms with E-state index in [1.807, 2.05) is 6.26 Å². The second kappa shape index (κ2) is 6.59. The van der Waals surface area contributed by atoms with Crippen LogP contribution in [0.5, 0.6) is 11.5 Å². The number of hydrogen-bond acceptors (Lipinski definition) is 7. The Morgan fingerprint density at radius 2 is 2.00 bits per heavy atom. The van der Waals surface area contributed by atoms with Crippen molar-refractivity contribution >= 4 is 40.6 Å².